The summed E-state index contributed by atoms with van der Waals surface area (Å²) in [5.74, 6) is 0. The highest BCUT2D eigenvalue weighted by Gasteiger charge is 2.13. The predicted molar refractivity (Wildman–Crippen MR) is 84.6 cm³/mol. The molecule has 0 radical (unpaired) electrons. The molecule has 0 heteroatoms. The minimum atomic E-state index is 1.12. The van der Waals surface area contributed by atoms with Gasteiger partial charge in [0.05, 0.1) is 0 Å². The van der Waals surface area contributed by atoms with E-state index in [0.717, 1.165) is 12.8 Å². The molecule has 0 saturated carbocycles. The van der Waals surface area contributed by atoms with E-state index in [1.165, 1.54) is 43.1 Å². The molecule has 0 fully saturated rings. The highest BCUT2D eigenvalue weighted by molar-refractivity contribution is 6.21. The zero-order valence-electron chi connectivity index (χ0n) is 11.0. The van der Waals surface area contributed by atoms with Crippen molar-refractivity contribution in [1.82, 2.24) is 0 Å². The van der Waals surface area contributed by atoms with E-state index in [2.05, 4.69) is 60.7 Å². The Hall–Kier alpha value is -2.52. The van der Waals surface area contributed by atoms with Crippen LogP contribution in [0.4, 0.5) is 0 Å². The van der Waals surface area contributed by atoms with E-state index in [1.54, 1.807) is 0 Å². The maximum Gasteiger partial charge on any atom is 0.0409 e. The lowest BCUT2D eigenvalue weighted by Gasteiger charge is -2.15. The molecule has 0 amide bonds. The topological polar surface area (TPSA) is 0 Å². The summed E-state index contributed by atoms with van der Waals surface area (Å²) in [5.41, 5.74) is 1.42. The van der Waals surface area contributed by atoms with Gasteiger partial charge in [-0.25, -0.2) is 0 Å². The lowest BCUT2D eigenvalue weighted by Crippen LogP contribution is -2.11. The Balaban J connectivity index is 2.28. The first-order valence-corrected chi connectivity index (χ1v) is 7.12. The number of hydrogen-bond donors (Lipinski definition) is 0. The predicted octanol–water partition coefficient (Wildman–Crippen LogP) is 4.19. The zero-order chi connectivity index (χ0) is 13.1. The first-order chi connectivity index (χ1) is 9.93. The largest absolute Gasteiger partial charge is 0.0756 e. The maximum absolute atomic E-state index is 3.36. The van der Waals surface area contributed by atoms with Crippen LogP contribution in [0.5, 0.6) is 0 Å². The number of hydrogen-bond acceptors (Lipinski definition) is 0. The van der Waals surface area contributed by atoms with Crippen molar-refractivity contribution in [2.45, 2.75) is 12.8 Å². The molecule has 0 nitrogen and oxygen atoms in total. The van der Waals surface area contributed by atoms with Gasteiger partial charge in [0.25, 0.3) is 0 Å². The van der Waals surface area contributed by atoms with E-state index < -0.39 is 0 Å². The van der Waals surface area contributed by atoms with Crippen molar-refractivity contribution in [2.75, 3.05) is 0 Å². The van der Waals surface area contributed by atoms with Crippen LogP contribution in [-0.4, -0.2) is 0 Å². The Morgan fingerprint density at radius 1 is 0.900 bits per heavy atom. The lowest BCUT2D eigenvalue weighted by molar-refractivity contribution is 1.04. The summed E-state index contributed by atoms with van der Waals surface area (Å²) in [6, 6.07) is 21.9. The third-order valence-electron chi connectivity index (χ3n) is 4.51. The molecule has 92 valence electrons. The minimum Gasteiger partial charge on any atom is -0.0756 e. The monoisotopic (exact) mass is 252 g/mol. The second kappa shape index (κ2) is 3.52. The second-order valence-electron chi connectivity index (χ2n) is 5.55. The lowest BCUT2D eigenvalue weighted by atomic mass is 9.88. The van der Waals surface area contributed by atoms with Crippen molar-refractivity contribution in [2.24, 2.45) is 0 Å². The molecule has 0 unspecified atom stereocenters. The second-order valence-corrected chi connectivity index (χ2v) is 5.55. The molecular formula is C20H12. The molecule has 0 aliphatic heterocycles. The first kappa shape index (κ1) is 10.3. The molecular weight excluding hydrogens is 240 g/mol. The molecule has 0 spiro atoms. The standard InChI is InChI=1S/C20H12/c1-5-13-6-2-11-17-18-12-4-8-14-7-3-10-16(20(14)18)15(9-1)19(13)17/h1-2,5-6,8-11H,3,7H2. The Morgan fingerprint density at radius 2 is 1.75 bits per heavy atom. The van der Waals surface area contributed by atoms with E-state index >= 15 is 0 Å². The number of fused-ring (bicyclic) bond motifs is 2. The van der Waals surface area contributed by atoms with Gasteiger partial charge in [0, 0.05) is 10.8 Å². The Labute approximate surface area is 117 Å². The summed E-state index contributed by atoms with van der Waals surface area (Å²) in [6.45, 7) is 0. The van der Waals surface area contributed by atoms with Gasteiger partial charge in [0.2, 0.25) is 0 Å². The van der Waals surface area contributed by atoms with Crippen molar-refractivity contribution >= 4 is 38.4 Å². The van der Waals surface area contributed by atoms with Gasteiger partial charge in [-0.15, -0.1) is 0 Å². The smallest absolute Gasteiger partial charge is 0.0409 e. The van der Waals surface area contributed by atoms with E-state index in [9.17, 15) is 0 Å². The van der Waals surface area contributed by atoms with E-state index in [0.29, 0.717) is 0 Å². The highest BCUT2D eigenvalue weighted by atomic mass is 14.2. The van der Waals surface area contributed by atoms with Crippen LogP contribution in [0.2, 0.25) is 0 Å². The van der Waals surface area contributed by atoms with Crippen LogP contribution in [0.25, 0.3) is 38.4 Å². The number of aryl methyl sites for hydroxylation is 1. The van der Waals surface area contributed by atoms with Gasteiger partial charge in [-0.2, -0.15) is 0 Å². The van der Waals surface area contributed by atoms with Crippen molar-refractivity contribution in [1.29, 1.82) is 0 Å². The summed E-state index contributed by atoms with van der Waals surface area (Å²) in [6.07, 6.45) is 4.64. The van der Waals surface area contributed by atoms with Crippen LogP contribution in [0.15, 0.2) is 42.5 Å². The maximum atomic E-state index is 3.36. The highest BCUT2D eigenvalue weighted by Crippen LogP contribution is 2.32. The van der Waals surface area contributed by atoms with Crippen LogP contribution in [0.1, 0.15) is 12.0 Å². The summed E-state index contributed by atoms with van der Waals surface area (Å²) < 4.78 is 0. The fourth-order valence-corrected chi connectivity index (χ4v) is 3.69. The van der Waals surface area contributed by atoms with Crippen molar-refractivity contribution in [3.05, 3.63) is 65.4 Å². The van der Waals surface area contributed by atoms with E-state index in [-0.39, 0.29) is 0 Å². The Morgan fingerprint density at radius 3 is 2.65 bits per heavy atom. The van der Waals surface area contributed by atoms with E-state index in [4.69, 9.17) is 0 Å². The summed E-state index contributed by atoms with van der Waals surface area (Å²) in [7, 11) is 0. The molecule has 0 heterocycles. The molecule has 0 atom stereocenters. The van der Waals surface area contributed by atoms with Crippen LogP contribution < -0.4 is 5.22 Å². The molecule has 0 saturated heterocycles. The Bertz CT molecular complexity index is 1030. The third-order valence-corrected chi connectivity index (χ3v) is 4.51. The van der Waals surface area contributed by atoms with Gasteiger partial charge in [-0.05, 0) is 51.2 Å². The zero-order valence-corrected chi connectivity index (χ0v) is 11.0. The van der Waals surface area contributed by atoms with E-state index in [1.807, 2.05) is 0 Å². The molecule has 0 aromatic heterocycles. The molecule has 1 aliphatic rings. The molecule has 1 aliphatic carbocycles. The van der Waals surface area contributed by atoms with Crippen LogP contribution in [0.3, 0.4) is 0 Å². The van der Waals surface area contributed by atoms with Crippen molar-refractivity contribution < 1.29 is 0 Å². The number of benzene rings is 3. The molecule has 4 aromatic rings. The van der Waals surface area contributed by atoms with Crippen molar-refractivity contribution in [3.63, 3.8) is 0 Å². The minimum absolute atomic E-state index is 1.12. The average molecular weight is 252 g/mol. The molecule has 4 aromatic carbocycles. The van der Waals surface area contributed by atoms with Crippen LogP contribution in [0, 0.1) is 12.1 Å². The van der Waals surface area contributed by atoms with Crippen LogP contribution in [-0.2, 0) is 6.42 Å². The fraction of sp³-hybridized carbons (Fsp3) is 0.100. The molecule has 5 rings (SSSR count). The normalized spacial score (nSPS) is 13.6. The summed E-state index contributed by atoms with van der Waals surface area (Å²) in [5, 5.41) is 9.40. The fourth-order valence-electron chi connectivity index (χ4n) is 3.69. The third kappa shape index (κ3) is 1.13. The van der Waals surface area contributed by atoms with Gasteiger partial charge in [0.1, 0.15) is 0 Å². The molecule has 20 heavy (non-hydrogen) atoms. The first-order valence-electron chi connectivity index (χ1n) is 7.12. The van der Waals surface area contributed by atoms with Gasteiger partial charge < -0.3 is 0 Å². The summed E-state index contributed by atoms with van der Waals surface area (Å²) >= 11 is 0. The molecule has 0 N–H and O–H groups in total. The summed E-state index contributed by atoms with van der Waals surface area (Å²) in [4.78, 5) is 0. The number of rotatable bonds is 0. The Kier molecular flexibility index (Phi) is 1.81. The quantitative estimate of drug-likeness (QED) is 0.440. The molecule has 0 bridgehead atoms. The van der Waals surface area contributed by atoms with Crippen LogP contribution >= 0.6 is 0 Å². The van der Waals surface area contributed by atoms with Gasteiger partial charge in [-0.3, -0.25) is 0 Å². The van der Waals surface area contributed by atoms with Gasteiger partial charge >= 0.3 is 0 Å². The van der Waals surface area contributed by atoms with Gasteiger partial charge in [0.15, 0.2) is 0 Å². The SMILES string of the molecule is c1cc2c3c(c4cccc5cccc(c3c#1)c54)=CCC2. The average Bonchev–Trinajstić information content (AvgIpc) is 2.52. The van der Waals surface area contributed by atoms with Gasteiger partial charge in [-0.1, -0.05) is 54.6 Å². The van der Waals surface area contributed by atoms with Crippen molar-refractivity contribution in [3.8, 4) is 0 Å².